The zero-order valence-electron chi connectivity index (χ0n) is 10.4. The first-order chi connectivity index (χ1) is 8.20. The molecular weight excluding hydrogens is 212 g/mol. The van der Waals surface area contributed by atoms with Gasteiger partial charge in [0.1, 0.15) is 11.8 Å². The van der Waals surface area contributed by atoms with E-state index in [4.69, 9.17) is 5.26 Å². The molecule has 4 nitrogen and oxygen atoms in total. The third-order valence-electron chi connectivity index (χ3n) is 3.50. The molecule has 90 valence electrons. The van der Waals surface area contributed by atoms with Crippen LogP contribution in [0.1, 0.15) is 18.5 Å². The predicted molar refractivity (Wildman–Crippen MR) is 67.9 cm³/mol. The lowest BCUT2D eigenvalue weighted by molar-refractivity contribution is 0.253. The molecule has 4 heteroatoms. The van der Waals surface area contributed by atoms with Crippen LogP contribution in [-0.2, 0) is 0 Å². The average Bonchev–Trinajstić information content (AvgIpc) is 2.39. The number of hydrogen-bond acceptors (Lipinski definition) is 4. The van der Waals surface area contributed by atoms with Gasteiger partial charge < -0.3 is 9.80 Å². The lowest BCUT2D eigenvalue weighted by Gasteiger charge is -2.36. The third kappa shape index (κ3) is 2.75. The molecule has 1 aliphatic heterocycles. The molecule has 0 aliphatic carbocycles. The van der Waals surface area contributed by atoms with Crippen molar-refractivity contribution in [3.63, 3.8) is 0 Å². The molecule has 0 N–H and O–H groups in total. The Hall–Kier alpha value is -1.60. The molecule has 1 fully saturated rings. The van der Waals surface area contributed by atoms with Crippen molar-refractivity contribution in [2.75, 3.05) is 32.1 Å². The second-order valence-corrected chi connectivity index (χ2v) is 4.66. The summed E-state index contributed by atoms with van der Waals surface area (Å²) in [6.45, 7) is 2.29. The van der Waals surface area contributed by atoms with Crippen molar-refractivity contribution in [1.29, 1.82) is 5.26 Å². The Morgan fingerprint density at radius 3 is 2.82 bits per heavy atom. The second kappa shape index (κ2) is 5.15. The molecule has 1 aromatic heterocycles. The first-order valence-electron chi connectivity index (χ1n) is 5.98. The topological polar surface area (TPSA) is 43.2 Å². The fraction of sp³-hybridized carbons (Fsp3) is 0.538. The largest absolute Gasteiger partial charge is 0.371 e. The van der Waals surface area contributed by atoms with E-state index in [0.717, 1.165) is 18.8 Å². The van der Waals surface area contributed by atoms with E-state index in [1.165, 1.54) is 12.8 Å². The second-order valence-electron chi connectivity index (χ2n) is 4.66. The molecule has 17 heavy (non-hydrogen) atoms. The van der Waals surface area contributed by atoms with Gasteiger partial charge in [0.2, 0.25) is 0 Å². The van der Waals surface area contributed by atoms with E-state index >= 15 is 0 Å². The highest BCUT2D eigenvalue weighted by Gasteiger charge is 2.20. The lowest BCUT2D eigenvalue weighted by atomic mass is 10.0. The highest BCUT2D eigenvalue weighted by molar-refractivity contribution is 5.49. The molecule has 0 unspecified atom stereocenters. The van der Waals surface area contributed by atoms with E-state index in [2.05, 4.69) is 34.9 Å². The van der Waals surface area contributed by atoms with Crippen molar-refractivity contribution >= 4 is 5.69 Å². The smallest absolute Gasteiger partial charge is 0.142 e. The Kier molecular flexibility index (Phi) is 3.60. The van der Waals surface area contributed by atoms with Crippen molar-refractivity contribution in [3.05, 3.63) is 24.0 Å². The zero-order chi connectivity index (χ0) is 12.3. The Labute approximate surface area is 102 Å². The quantitative estimate of drug-likeness (QED) is 0.772. The van der Waals surface area contributed by atoms with Crippen LogP contribution < -0.4 is 4.90 Å². The highest BCUT2D eigenvalue weighted by Crippen LogP contribution is 2.21. The summed E-state index contributed by atoms with van der Waals surface area (Å²) in [5.41, 5.74) is 1.58. The number of hydrogen-bond donors (Lipinski definition) is 0. The van der Waals surface area contributed by atoms with Crippen LogP contribution in [0, 0.1) is 11.3 Å². The van der Waals surface area contributed by atoms with Crippen LogP contribution in [0.3, 0.4) is 0 Å². The third-order valence-corrected chi connectivity index (χ3v) is 3.50. The number of aromatic nitrogens is 1. The van der Waals surface area contributed by atoms with Gasteiger partial charge in [-0.1, -0.05) is 0 Å². The van der Waals surface area contributed by atoms with Gasteiger partial charge in [-0.25, -0.2) is 4.98 Å². The SMILES string of the molecule is CN1CCC(N(C)c2ccnc(C#N)c2)CC1. The number of nitrogens with zero attached hydrogens (tertiary/aromatic N) is 4. The molecule has 0 aromatic carbocycles. The minimum absolute atomic E-state index is 0.488. The number of anilines is 1. The minimum atomic E-state index is 0.488. The van der Waals surface area contributed by atoms with Gasteiger partial charge in [0.25, 0.3) is 0 Å². The van der Waals surface area contributed by atoms with Crippen LogP contribution in [0.25, 0.3) is 0 Å². The van der Waals surface area contributed by atoms with Gasteiger partial charge in [-0.15, -0.1) is 0 Å². The highest BCUT2D eigenvalue weighted by atomic mass is 15.2. The summed E-state index contributed by atoms with van der Waals surface area (Å²) in [6.07, 6.45) is 4.06. The van der Waals surface area contributed by atoms with Crippen LogP contribution >= 0.6 is 0 Å². The molecule has 0 amide bonds. The molecule has 0 radical (unpaired) electrons. The Bertz CT molecular complexity index is 416. The van der Waals surface area contributed by atoms with Crippen molar-refractivity contribution in [3.8, 4) is 6.07 Å². The van der Waals surface area contributed by atoms with Gasteiger partial charge in [-0.2, -0.15) is 5.26 Å². The zero-order valence-corrected chi connectivity index (χ0v) is 10.4. The fourth-order valence-corrected chi connectivity index (χ4v) is 2.29. The maximum absolute atomic E-state index is 8.85. The van der Waals surface area contributed by atoms with Gasteiger partial charge >= 0.3 is 0 Å². The maximum atomic E-state index is 8.85. The van der Waals surface area contributed by atoms with Crippen LogP contribution in [0.2, 0.25) is 0 Å². The standard InChI is InChI=1S/C13H18N4/c1-16-7-4-12(5-8-16)17(2)13-3-6-15-11(9-13)10-14/h3,6,9,12H,4-5,7-8H2,1-2H3. The van der Waals surface area contributed by atoms with Crippen molar-refractivity contribution < 1.29 is 0 Å². The number of likely N-dealkylation sites (tertiary alicyclic amines) is 1. The summed E-state index contributed by atoms with van der Waals surface area (Å²) in [6, 6.07) is 6.49. The summed E-state index contributed by atoms with van der Waals surface area (Å²) in [5.74, 6) is 0. The molecule has 0 spiro atoms. The number of pyridine rings is 1. The van der Waals surface area contributed by atoms with Gasteiger partial charge in [0, 0.05) is 25.0 Å². The summed E-state index contributed by atoms with van der Waals surface area (Å²) in [4.78, 5) is 8.63. The normalized spacial score (nSPS) is 17.7. The fourth-order valence-electron chi connectivity index (χ4n) is 2.29. The minimum Gasteiger partial charge on any atom is -0.371 e. The number of nitriles is 1. The van der Waals surface area contributed by atoms with Crippen molar-refractivity contribution in [2.24, 2.45) is 0 Å². The van der Waals surface area contributed by atoms with E-state index in [0.29, 0.717) is 11.7 Å². The molecule has 2 rings (SSSR count). The lowest BCUT2D eigenvalue weighted by Crippen LogP contribution is -2.42. The van der Waals surface area contributed by atoms with Crippen LogP contribution in [-0.4, -0.2) is 43.1 Å². The summed E-state index contributed by atoms with van der Waals surface area (Å²) >= 11 is 0. The molecule has 0 saturated carbocycles. The molecule has 1 aliphatic rings. The Morgan fingerprint density at radius 2 is 2.18 bits per heavy atom. The predicted octanol–water partition coefficient (Wildman–Crippen LogP) is 1.48. The maximum Gasteiger partial charge on any atom is 0.142 e. The number of piperidine rings is 1. The van der Waals surface area contributed by atoms with E-state index in [1.807, 2.05) is 12.1 Å². The van der Waals surface area contributed by atoms with Gasteiger partial charge in [0.15, 0.2) is 0 Å². The monoisotopic (exact) mass is 230 g/mol. The van der Waals surface area contributed by atoms with Gasteiger partial charge in [0.05, 0.1) is 0 Å². The summed E-state index contributed by atoms with van der Waals surface area (Å²) in [5, 5.41) is 8.85. The number of rotatable bonds is 2. The Balaban J connectivity index is 2.08. The van der Waals surface area contributed by atoms with E-state index in [1.54, 1.807) is 6.20 Å². The Morgan fingerprint density at radius 1 is 1.47 bits per heavy atom. The first kappa shape index (κ1) is 11.9. The molecule has 0 bridgehead atoms. The van der Waals surface area contributed by atoms with E-state index in [-0.39, 0.29) is 0 Å². The van der Waals surface area contributed by atoms with Crippen molar-refractivity contribution in [1.82, 2.24) is 9.88 Å². The molecular formula is C13H18N4. The molecule has 0 atom stereocenters. The average molecular weight is 230 g/mol. The van der Waals surface area contributed by atoms with Crippen LogP contribution in [0.5, 0.6) is 0 Å². The first-order valence-corrected chi connectivity index (χ1v) is 5.98. The molecule has 1 aromatic rings. The van der Waals surface area contributed by atoms with Gasteiger partial charge in [-0.05, 0) is 45.1 Å². The van der Waals surface area contributed by atoms with E-state index < -0.39 is 0 Å². The van der Waals surface area contributed by atoms with Gasteiger partial charge in [-0.3, -0.25) is 0 Å². The van der Waals surface area contributed by atoms with Crippen molar-refractivity contribution in [2.45, 2.75) is 18.9 Å². The molecule has 2 heterocycles. The van der Waals surface area contributed by atoms with Crippen LogP contribution in [0.4, 0.5) is 5.69 Å². The van der Waals surface area contributed by atoms with Crippen LogP contribution in [0.15, 0.2) is 18.3 Å². The summed E-state index contributed by atoms with van der Waals surface area (Å²) in [7, 11) is 4.27. The molecule has 1 saturated heterocycles. The van der Waals surface area contributed by atoms with E-state index in [9.17, 15) is 0 Å². The summed E-state index contributed by atoms with van der Waals surface area (Å²) < 4.78 is 0.